The molecular weight excluding hydrogens is 590 g/mol. The van der Waals surface area contributed by atoms with Crippen LogP contribution in [-0.4, -0.2) is 60.9 Å². The lowest BCUT2D eigenvalue weighted by molar-refractivity contribution is -0.145. The Morgan fingerprint density at radius 1 is 1.09 bits per heavy atom. The maximum absolute atomic E-state index is 12.7. The van der Waals surface area contributed by atoms with Crippen LogP contribution in [-0.2, 0) is 19.1 Å². The molecule has 2 heterocycles. The number of hydrogen-bond donors (Lipinski definition) is 4. The van der Waals surface area contributed by atoms with Crippen LogP contribution >= 0.6 is 22.9 Å². The maximum atomic E-state index is 12.7. The van der Waals surface area contributed by atoms with Gasteiger partial charge in [0.25, 0.3) is 0 Å². The predicted molar refractivity (Wildman–Crippen MR) is 169 cm³/mol. The summed E-state index contributed by atoms with van der Waals surface area (Å²) in [6.45, 7) is 5.80. The van der Waals surface area contributed by atoms with Crippen molar-refractivity contribution < 1.29 is 23.9 Å². The Morgan fingerprint density at radius 2 is 1.81 bits per heavy atom. The van der Waals surface area contributed by atoms with E-state index in [0.717, 1.165) is 47.7 Å². The van der Waals surface area contributed by atoms with Gasteiger partial charge in [-0.1, -0.05) is 17.7 Å². The normalized spacial score (nSPS) is 14.5. The SMILES string of the molecule is CCOC(=O)CN1CCC(Oc2ccc(C(C)NC(=O)CC(=O)Nc3ccc(C(=N)N)cc3)cc2-c2ccc(Cl)s2)CC1. The third-order valence-corrected chi connectivity index (χ3v) is 8.27. The first-order valence-corrected chi connectivity index (χ1v) is 15.3. The van der Waals surface area contributed by atoms with Gasteiger partial charge in [-0.15, -0.1) is 11.3 Å². The molecule has 1 atom stereocenters. The second-order valence-electron chi connectivity index (χ2n) is 10.3. The number of halogens is 1. The topological polar surface area (TPSA) is 147 Å². The van der Waals surface area contributed by atoms with Crippen molar-refractivity contribution in [3.8, 4) is 16.2 Å². The molecule has 5 N–H and O–H groups in total. The minimum absolute atomic E-state index is 0.00668. The van der Waals surface area contributed by atoms with Gasteiger partial charge in [-0.25, -0.2) is 0 Å². The summed E-state index contributed by atoms with van der Waals surface area (Å²) in [5.74, 6) is -0.423. The van der Waals surface area contributed by atoms with Gasteiger partial charge < -0.3 is 25.8 Å². The Bertz CT molecular complexity index is 1450. The molecule has 1 fully saturated rings. The van der Waals surface area contributed by atoms with Crippen LogP contribution in [0.2, 0.25) is 4.34 Å². The highest BCUT2D eigenvalue weighted by atomic mass is 35.5. The van der Waals surface area contributed by atoms with Crippen molar-refractivity contribution in [1.82, 2.24) is 10.2 Å². The third kappa shape index (κ3) is 9.28. The number of rotatable bonds is 12. The smallest absolute Gasteiger partial charge is 0.320 e. The van der Waals surface area contributed by atoms with Crippen LogP contribution in [0.1, 0.15) is 50.3 Å². The van der Waals surface area contributed by atoms with Gasteiger partial charge in [0.05, 0.1) is 23.5 Å². The molecule has 2 amide bonds. The zero-order valence-corrected chi connectivity index (χ0v) is 25.7. The monoisotopic (exact) mass is 625 g/mol. The lowest BCUT2D eigenvalue weighted by atomic mass is 10.0. The molecule has 228 valence electrons. The van der Waals surface area contributed by atoms with E-state index in [-0.39, 0.29) is 36.9 Å². The maximum Gasteiger partial charge on any atom is 0.320 e. The summed E-state index contributed by atoms with van der Waals surface area (Å²) in [5, 5.41) is 13.0. The highest BCUT2D eigenvalue weighted by Crippen LogP contribution is 2.39. The molecule has 43 heavy (non-hydrogen) atoms. The fourth-order valence-corrected chi connectivity index (χ4v) is 5.85. The molecule has 1 unspecified atom stereocenters. The number of benzene rings is 2. The van der Waals surface area contributed by atoms with E-state index in [1.807, 2.05) is 37.3 Å². The van der Waals surface area contributed by atoms with Crippen molar-refractivity contribution in [2.45, 2.75) is 45.3 Å². The van der Waals surface area contributed by atoms with Gasteiger partial charge in [-0.3, -0.25) is 24.7 Å². The van der Waals surface area contributed by atoms with Crippen LogP contribution in [0.3, 0.4) is 0 Å². The Kier molecular flexibility index (Phi) is 11.2. The average Bonchev–Trinajstić information content (AvgIpc) is 3.40. The standard InChI is InChI=1S/C31H36ClN5O5S/c1-3-41-30(40)18-37-14-12-23(13-15-37)42-25-9-6-21(16-24(25)26-10-11-27(32)43-26)19(2)35-28(38)17-29(39)36-22-7-4-20(5-8-22)31(33)34/h4-11,16,19,23H,3,12-15,17-18H2,1-2H3,(H3,33,34)(H,35,38)(H,36,39). The number of carbonyl (C=O) groups is 3. The van der Waals surface area contributed by atoms with Gasteiger partial charge in [0, 0.05) is 34.8 Å². The number of nitrogen functional groups attached to an aromatic ring is 1. The summed E-state index contributed by atoms with van der Waals surface area (Å²) in [4.78, 5) is 40.0. The number of ether oxygens (including phenoxy) is 2. The molecule has 1 aliphatic heterocycles. The lowest BCUT2D eigenvalue weighted by Crippen LogP contribution is -2.41. The summed E-state index contributed by atoms with van der Waals surface area (Å²) in [5.41, 5.74) is 8.24. The highest BCUT2D eigenvalue weighted by Gasteiger charge is 2.24. The number of likely N-dealkylation sites (tertiary alicyclic amines) is 1. The van der Waals surface area contributed by atoms with Gasteiger partial charge in [-0.05, 0) is 80.8 Å². The van der Waals surface area contributed by atoms with Crippen molar-refractivity contribution in [2.24, 2.45) is 5.73 Å². The van der Waals surface area contributed by atoms with Crippen molar-refractivity contribution in [3.63, 3.8) is 0 Å². The summed E-state index contributed by atoms with van der Waals surface area (Å²) in [6, 6.07) is 15.7. The van der Waals surface area contributed by atoms with E-state index in [4.69, 9.17) is 32.2 Å². The fraction of sp³-hybridized carbons (Fsp3) is 0.355. The third-order valence-electron chi connectivity index (χ3n) is 7.01. The second-order valence-corrected chi connectivity index (χ2v) is 12.0. The minimum Gasteiger partial charge on any atom is -0.490 e. The van der Waals surface area contributed by atoms with Crippen LogP contribution < -0.4 is 21.1 Å². The fourth-order valence-electron chi connectivity index (χ4n) is 4.79. The molecule has 0 aliphatic carbocycles. The molecule has 0 saturated carbocycles. The number of hydrogen-bond acceptors (Lipinski definition) is 8. The van der Waals surface area contributed by atoms with E-state index >= 15 is 0 Å². The van der Waals surface area contributed by atoms with Gasteiger partial charge >= 0.3 is 5.97 Å². The Balaban J connectivity index is 1.37. The van der Waals surface area contributed by atoms with Crippen molar-refractivity contribution in [1.29, 1.82) is 5.41 Å². The molecule has 0 spiro atoms. The molecule has 10 nitrogen and oxygen atoms in total. The van der Waals surface area contributed by atoms with Gasteiger partial charge in [0.2, 0.25) is 11.8 Å². The molecule has 1 saturated heterocycles. The van der Waals surface area contributed by atoms with E-state index in [1.54, 1.807) is 31.2 Å². The highest BCUT2D eigenvalue weighted by molar-refractivity contribution is 7.19. The number of esters is 1. The molecule has 4 rings (SSSR count). The average molecular weight is 626 g/mol. The van der Waals surface area contributed by atoms with Crippen molar-refractivity contribution in [3.05, 3.63) is 70.1 Å². The number of anilines is 1. The molecule has 0 bridgehead atoms. The molecule has 12 heteroatoms. The number of piperidine rings is 1. The van der Waals surface area contributed by atoms with E-state index in [9.17, 15) is 14.4 Å². The Labute approximate surface area is 260 Å². The van der Waals surface area contributed by atoms with Crippen LogP contribution in [0, 0.1) is 5.41 Å². The van der Waals surface area contributed by atoms with Crippen molar-refractivity contribution in [2.75, 3.05) is 31.6 Å². The summed E-state index contributed by atoms with van der Waals surface area (Å²) in [7, 11) is 0. The summed E-state index contributed by atoms with van der Waals surface area (Å²) in [6.07, 6.45) is 1.21. The van der Waals surface area contributed by atoms with Gasteiger partial charge in [0.1, 0.15) is 24.1 Å². The van der Waals surface area contributed by atoms with Crippen LogP contribution in [0.25, 0.3) is 10.4 Å². The predicted octanol–water partition coefficient (Wildman–Crippen LogP) is 4.96. The molecule has 1 aromatic heterocycles. The number of nitrogens with zero attached hydrogens (tertiary/aromatic N) is 1. The number of nitrogens with two attached hydrogens (primary N) is 1. The van der Waals surface area contributed by atoms with Crippen molar-refractivity contribution >= 4 is 52.2 Å². The number of nitrogens with one attached hydrogen (secondary N) is 3. The molecule has 2 aromatic carbocycles. The van der Waals surface area contributed by atoms with E-state index in [2.05, 4.69) is 15.5 Å². The van der Waals surface area contributed by atoms with E-state index < -0.39 is 11.8 Å². The molecule has 3 aromatic rings. The second kappa shape index (κ2) is 15.0. The number of amidine groups is 1. The Morgan fingerprint density at radius 3 is 2.44 bits per heavy atom. The summed E-state index contributed by atoms with van der Waals surface area (Å²) >= 11 is 7.70. The van der Waals surface area contributed by atoms with Crippen LogP contribution in [0.4, 0.5) is 5.69 Å². The zero-order chi connectivity index (χ0) is 30.9. The minimum atomic E-state index is -0.453. The lowest BCUT2D eigenvalue weighted by Gasteiger charge is -2.32. The van der Waals surface area contributed by atoms with Crippen LogP contribution in [0.5, 0.6) is 5.75 Å². The molecular formula is C31H36ClN5O5S. The molecule has 0 radical (unpaired) electrons. The number of thiophene rings is 1. The zero-order valence-electron chi connectivity index (χ0n) is 24.2. The number of amides is 2. The van der Waals surface area contributed by atoms with E-state index in [1.165, 1.54) is 11.3 Å². The van der Waals surface area contributed by atoms with E-state index in [0.29, 0.717) is 22.2 Å². The first-order valence-electron chi connectivity index (χ1n) is 14.1. The van der Waals surface area contributed by atoms with Gasteiger partial charge in [0.15, 0.2) is 0 Å². The largest absolute Gasteiger partial charge is 0.490 e. The van der Waals surface area contributed by atoms with Gasteiger partial charge in [-0.2, -0.15) is 0 Å². The Hall–Kier alpha value is -3.93. The molecule has 1 aliphatic rings. The first kappa shape index (κ1) is 32.0. The van der Waals surface area contributed by atoms with Crippen LogP contribution in [0.15, 0.2) is 54.6 Å². The first-order chi connectivity index (χ1) is 20.6. The number of carbonyl (C=O) groups excluding carboxylic acids is 3. The summed E-state index contributed by atoms with van der Waals surface area (Å²) < 4.78 is 12.2. The quantitative estimate of drug-likeness (QED) is 0.0962.